The van der Waals surface area contributed by atoms with Gasteiger partial charge in [-0.05, 0) is 78.9 Å². The first kappa shape index (κ1) is 24.3. The highest BCUT2D eigenvalue weighted by atomic mass is 16.5. The third kappa shape index (κ3) is 6.12. The van der Waals surface area contributed by atoms with Gasteiger partial charge in [0.2, 0.25) is 0 Å². The van der Waals surface area contributed by atoms with Gasteiger partial charge in [0.1, 0.15) is 18.1 Å². The quantitative estimate of drug-likeness (QED) is 0.328. The van der Waals surface area contributed by atoms with Gasteiger partial charge in [-0.1, -0.05) is 30.3 Å². The second kappa shape index (κ2) is 11.0. The molecule has 0 heterocycles. The first-order valence-electron chi connectivity index (χ1n) is 10.9. The summed E-state index contributed by atoms with van der Waals surface area (Å²) in [6, 6.07) is 18.1. The number of aromatic hydroxyl groups is 1. The van der Waals surface area contributed by atoms with Gasteiger partial charge in [-0.25, -0.2) is 4.79 Å². The van der Waals surface area contributed by atoms with Crippen LogP contribution in [0.15, 0.2) is 60.7 Å². The number of carbonyl (C=O) groups excluding carboxylic acids is 1. The lowest BCUT2D eigenvalue weighted by Gasteiger charge is -2.21. The zero-order chi connectivity index (χ0) is 24.0. The Kier molecular flexibility index (Phi) is 8.09. The summed E-state index contributed by atoms with van der Waals surface area (Å²) in [4.78, 5) is 11.9. The van der Waals surface area contributed by atoms with Crippen LogP contribution < -0.4 is 10.1 Å². The summed E-state index contributed by atoms with van der Waals surface area (Å²) >= 11 is 0. The summed E-state index contributed by atoms with van der Waals surface area (Å²) in [5.41, 5.74) is 5.30. The van der Waals surface area contributed by atoms with E-state index >= 15 is 0 Å². The monoisotopic (exact) mass is 449 g/mol. The molecule has 0 saturated carbocycles. The second-order valence-electron chi connectivity index (χ2n) is 8.13. The Hall–Kier alpha value is -3.35. The fourth-order valence-electron chi connectivity index (χ4n) is 3.72. The van der Waals surface area contributed by atoms with Crippen molar-refractivity contribution in [3.8, 4) is 22.6 Å². The zero-order valence-corrected chi connectivity index (χ0v) is 19.5. The summed E-state index contributed by atoms with van der Waals surface area (Å²) in [6.45, 7) is 6.82. The number of ether oxygens (including phenoxy) is 2. The number of phenols is 1. The number of hydrogen-bond acceptors (Lipinski definition) is 6. The van der Waals surface area contributed by atoms with Crippen LogP contribution in [0.3, 0.4) is 0 Å². The van der Waals surface area contributed by atoms with E-state index in [1.807, 2.05) is 57.2 Å². The predicted octanol–water partition coefficient (Wildman–Crippen LogP) is 4.55. The lowest BCUT2D eigenvalue weighted by molar-refractivity contribution is 0.0600. The fourth-order valence-corrected chi connectivity index (χ4v) is 3.72. The van der Waals surface area contributed by atoms with Gasteiger partial charge >= 0.3 is 5.97 Å². The van der Waals surface area contributed by atoms with E-state index in [2.05, 4.69) is 5.32 Å². The molecule has 0 unspecified atom stereocenters. The molecule has 3 aromatic carbocycles. The first-order valence-corrected chi connectivity index (χ1v) is 10.9. The lowest BCUT2D eigenvalue weighted by Crippen LogP contribution is -2.35. The zero-order valence-electron chi connectivity index (χ0n) is 19.5. The molecule has 0 fully saturated rings. The average molecular weight is 450 g/mol. The van der Waals surface area contributed by atoms with Gasteiger partial charge < -0.3 is 25.0 Å². The van der Waals surface area contributed by atoms with Crippen LogP contribution >= 0.6 is 0 Å². The van der Waals surface area contributed by atoms with Crippen LogP contribution in [0.2, 0.25) is 0 Å². The van der Waals surface area contributed by atoms with E-state index in [1.165, 1.54) is 7.11 Å². The molecule has 3 aromatic rings. The highest BCUT2D eigenvalue weighted by molar-refractivity contribution is 5.92. The molecule has 0 spiro atoms. The fraction of sp³-hybridized carbons (Fsp3) is 0.296. The molecule has 174 valence electrons. The molecule has 0 saturated heterocycles. The number of phenolic OH excluding ortho intramolecular Hbond substituents is 1. The SMILES string of the molecule is COC(=O)c1cc(C)c(-c2ccc(OCCN[C@@H](C)[C@H](O)c3ccc(O)cc3)cc2)cc1C. The highest BCUT2D eigenvalue weighted by Crippen LogP contribution is 2.28. The minimum Gasteiger partial charge on any atom is -0.508 e. The van der Waals surface area contributed by atoms with Gasteiger partial charge in [-0.2, -0.15) is 0 Å². The topological polar surface area (TPSA) is 88.0 Å². The molecule has 6 nitrogen and oxygen atoms in total. The number of rotatable bonds is 9. The van der Waals surface area contributed by atoms with Crippen molar-refractivity contribution >= 4 is 5.97 Å². The first-order chi connectivity index (χ1) is 15.8. The Morgan fingerprint density at radius 3 is 2.30 bits per heavy atom. The van der Waals surface area contributed by atoms with Crippen LogP contribution in [0, 0.1) is 13.8 Å². The maximum absolute atomic E-state index is 11.9. The van der Waals surface area contributed by atoms with Gasteiger partial charge in [-0.3, -0.25) is 0 Å². The summed E-state index contributed by atoms with van der Waals surface area (Å²) in [6.07, 6.45) is -0.679. The number of methoxy groups -OCH3 is 1. The van der Waals surface area contributed by atoms with E-state index in [0.29, 0.717) is 18.7 Å². The van der Waals surface area contributed by atoms with Crippen molar-refractivity contribution in [2.45, 2.75) is 32.9 Å². The number of nitrogens with one attached hydrogen (secondary N) is 1. The third-order valence-corrected chi connectivity index (χ3v) is 5.69. The number of aryl methyl sites for hydroxylation is 2. The van der Waals surface area contributed by atoms with Gasteiger partial charge in [-0.15, -0.1) is 0 Å². The molecule has 0 aliphatic heterocycles. The summed E-state index contributed by atoms with van der Waals surface area (Å²) < 4.78 is 10.7. The van der Waals surface area contributed by atoms with E-state index in [1.54, 1.807) is 24.3 Å². The van der Waals surface area contributed by atoms with Crippen LogP contribution in [0.4, 0.5) is 0 Å². The average Bonchev–Trinajstić information content (AvgIpc) is 2.82. The van der Waals surface area contributed by atoms with Crippen molar-refractivity contribution in [3.63, 3.8) is 0 Å². The molecule has 3 N–H and O–H groups in total. The summed E-state index contributed by atoms with van der Waals surface area (Å²) in [5, 5.41) is 23.1. The smallest absolute Gasteiger partial charge is 0.338 e. The molecule has 0 aromatic heterocycles. The molecule has 0 aliphatic carbocycles. The molecular formula is C27H31NO5. The van der Waals surface area contributed by atoms with Crippen molar-refractivity contribution in [2.75, 3.05) is 20.3 Å². The van der Waals surface area contributed by atoms with Crippen molar-refractivity contribution in [2.24, 2.45) is 0 Å². The van der Waals surface area contributed by atoms with Gasteiger partial charge in [0.15, 0.2) is 0 Å². The molecule has 0 amide bonds. The van der Waals surface area contributed by atoms with Crippen LogP contribution in [-0.4, -0.2) is 42.5 Å². The largest absolute Gasteiger partial charge is 0.508 e. The van der Waals surface area contributed by atoms with Gasteiger partial charge in [0.05, 0.1) is 18.8 Å². The number of carbonyl (C=O) groups is 1. The molecule has 6 heteroatoms. The normalized spacial score (nSPS) is 12.8. The Morgan fingerprint density at radius 2 is 1.67 bits per heavy atom. The molecule has 2 atom stereocenters. The minimum absolute atomic E-state index is 0.167. The Labute approximate surface area is 194 Å². The Bertz CT molecular complexity index is 1080. The van der Waals surface area contributed by atoms with E-state index in [4.69, 9.17) is 9.47 Å². The second-order valence-corrected chi connectivity index (χ2v) is 8.13. The number of benzene rings is 3. The third-order valence-electron chi connectivity index (χ3n) is 5.69. The number of esters is 1. The summed E-state index contributed by atoms with van der Waals surface area (Å²) in [5.74, 6) is 0.603. The van der Waals surface area contributed by atoms with Crippen molar-refractivity contribution in [1.82, 2.24) is 5.32 Å². The van der Waals surface area contributed by atoms with Crippen LogP contribution in [0.5, 0.6) is 11.5 Å². The molecule has 0 bridgehead atoms. The number of hydrogen-bond donors (Lipinski definition) is 3. The molecular weight excluding hydrogens is 418 g/mol. The summed E-state index contributed by atoms with van der Waals surface area (Å²) in [7, 11) is 1.39. The molecule has 0 radical (unpaired) electrons. The Balaban J connectivity index is 1.53. The van der Waals surface area contributed by atoms with Crippen LogP contribution in [0.25, 0.3) is 11.1 Å². The predicted molar refractivity (Wildman–Crippen MR) is 129 cm³/mol. The van der Waals surface area contributed by atoms with E-state index in [0.717, 1.165) is 33.6 Å². The highest BCUT2D eigenvalue weighted by Gasteiger charge is 2.16. The van der Waals surface area contributed by atoms with Crippen molar-refractivity contribution in [1.29, 1.82) is 0 Å². The maximum atomic E-state index is 11.9. The van der Waals surface area contributed by atoms with Gasteiger partial charge in [0.25, 0.3) is 0 Å². The number of aliphatic hydroxyl groups is 1. The Morgan fingerprint density at radius 1 is 1.00 bits per heavy atom. The van der Waals surface area contributed by atoms with Crippen molar-refractivity contribution in [3.05, 3.63) is 82.9 Å². The number of aliphatic hydroxyl groups excluding tert-OH is 1. The maximum Gasteiger partial charge on any atom is 0.338 e. The molecule has 3 rings (SSSR count). The molecule has 33 heavy (non-hydrogen) atoms. The van der Waals surface area contributed by atoms with E-state index in [9.17, 15) is 15.0 Å². The van der Waals surface area contributed by atoms with Crippen LogP contribution in [0.1, 0.15) is 40.1 Å². The standard InChI is InChI=1S/C27H31NO5/c1-17-16-25(27(31)32-4)18(2)15-24(17)20-7-11-23(12-8-20)33-14-13-28-19(3)26(30)21-5-9-22(29)10-6-21/h5-12,15-16,19,26,28-30H,13-14H2,1-4H3/t19-,26-/m0/s1. The van der Waals surface area contributed by atoms with E-state index in [-0.39, 0.29) is 17.8 Å². The van der Waals surface area contributed by atoms with Crippen molar-refractivity contribution < 1.29 is 24.5 Å². The molecule has 0 aliphatic rings. The lowest BCUT2D eigenvalue weighted by atomic mass is 9.95. The van der Waals surface area contributed by atoms with Crippen LogP contribution in [-0.2, 0) is 4.74 Å². The minimum atomic E-state index is -0.679. The van der Waals surface area contributed by atoms with Gasteiger partial charge in [0, 0.05) is 12.6 Å². The van der Waals surface area contributed by atoms with E-state index < -0.39 is 6.10 Å².